The molecule has 1 N–H and O–H groups in total. The minimum Gasteiger partial charge on any atom is -0.366 e. The van der Waals surface area contributed by atoms with Gasteiger partial charge < -0.3 is 15.0 Å². The summed E-state index contributed by atoms with van der Waals surface area (Å²) >= 11 is 0. The average Bonchev–Trinajstić information content (AvgIpc) is 2.39. The normalized spacial score (nSPS) is 27.5. The van der Waals surface area contributed by atoms with Crippen LogP contribution in [0.3, 0.4) is 0 Å². The summed E-state index contributed by atoms with van der Waals surface area (Å²) in [4.78, 5) is 14.4. The number of rotatable bonds is 4. The first-order valence-electron chi connectivity index (χ1n) is 6.89. The van der Waals surface area contributed by atoms with Crippen molar-refractivity contribution in [1.29, 1.82) is 0 Å². The lowest BCUT2D eigenvalue weighted by Gasteiger charge is -2.39. The van der Waals surface area contributed by atoms with Crippen LogP contribution in [0.4, 0.5) is 0 Å². The Balaban J connectivity index is 1.90. The lowest BCUT2D eigenvalue weighted by atomic mass is 9.93. The summed E-state index contributed by atoms with van der Waals surface area (Å²) in [5, 5.41) is 3.08. The third-order valence-corrected chi connectivity index (χ3v) is 3.88. The first kappa shape index (κ1) is 12.8. The summed E-state index contributed by atoms with van der Waals surface area (Å²) in [6.07, 6.45) is 6.83. The van der Waals surface area contributed by atoms with Crippen molar-refractivity contribution in [2.45, 2.75) is 50.7 Å². The minimum absolute atomic E-state index is 0.210. The molecular weight excluding hydrogens is 216 g/mol. The number of ether oxygens (including phenoxy) is 1. The van der Waals surface area contributed by atoms with Crippen molar-refractivity contribution in [1.82, 2.24) is 10.2 Å². The molecule has 2 aliphatic rings. The van der Waals surface area contributed by atoms with Gasteiger partial charge in [-0.05, 0) is 32.9 Å². The largest absolute Gasteiger partial charge is 0.366 e. The van der Waals surface area contributed by atoms with E-state index >= 15 is 0 Å². The summed E-state index contributed by atoms with van der Waals surface area (Å²) in [6, 6.07) is 0.484. The molecule has 4 nitrogen and oxygen atoms in total. The monoisotopic (exact) mass is 240 g/mol. The fraction of sp³-hybridized carbons (Fsp3) is 0.923. The van der Waals surface area contributed by atoms with E-state index < -0.39 is 0 Å². The zero-order valence-electron chi connectivity index (χ0n) is 10.8. The number of hydrogen-bond donors (Lipinski definition) is 1. The molecule has 1 atom stereocenters. The summed E-state index contributed by atoms with van der Waals surface area (Å²) < 4.78 is 5.58. The van der Waals surface area contributed by atoms with Crippen LogP contribution in [-0.4, -0.2) is 49.7 Å². The maximum Gasteiger partial charge on any atom is 0.252 e. The summed E-state index contributed by atoms with van der Waals surface area (Å²) in [6.45, 7) is 2.34. The first-order valence-corrected chi connectivity index (χ1v) is 6.89. The molecule has 0 spiro atoms. The van der Waals surface area contributed by atoms with Gasteiger partial charge in [-0.2, -0.15) is 0 Å². The molecule has 0 aromatic carbocycles. The van der Waals surface area contributed by atoms with Crippen molar-refractivity contribution in [2.24, 2.45) is 0 Å². The van der Waals surface area contributed by atoms with Gasteiger partial charge in [0.25, 0.3) is 5.91 Å². The summed E-state index contributed by atoms with van der Waals surface area (Å²) in [5.41, 5.74) is 0. The second-order valence-corrected chi connectivity index (χ2v) is 5.08. The van der Waals surface area contributed by atoms with E-state index in [0.717, 1.165) is 19.5 Å². The highest BCUT2D eigenvalue weighted by atomic mass is 16.5. The molecule has 1 saturated carbocycles. The number of nitrogens with one attached hydrogen (secondary N) is 1. The van der Waals surface area contributed by atoms with E-state index in [1.807, 2.05) is 7.05 Å². The lowest BCUT2D eigenvalue weighted by Crippen LogP contribution is -2.53. The van der Waals surface area contributed by atoms with Gasteiger partial charge in [0.2, 0.25) is 0 Å². The van der Waals surface area contributed by atoms with E-state index in [4.69, 9.17) is 4.74 Å². The maximum atomic E-state index is 12.3. The van der Waals surface area contributed by atoms with E-state index in [2.05, 4.69) is 10.2 Å². The highest BCUT2D eigenvalue weighted by molar-refractivity contribution is 5.81. The fourth-order valence-electron chi connectivity index (χ4n) is 2.90. The van der Waals surface area contributed by atoms with Gasteiger partial charge in [0, 0.05) is 12.6 Å². The SMILES string of the molecule is CNCCC1OCCN(C2CCCCC2)C1=O. The molecule has 1 heterocycles. The van der Waals surface area contributed by atoms with Gasteiger partial charge in [-0.1, -0.05) is 19.3 Å². The zero-order valence-corrected chi connectivity index (χ0v) is 10.8. The van der Waals surface area contributed by atoms with Gasteiger partial charge in [-0.25, -0.2) is 0 Å². The quantitative estimate of drug-likeness (QED) is 0.801. The zero-order chi connectivity index (χ0) is 12.1. The Kier molecular flexibility index (Phi) is 4.80. The minimum atomic E-state index is -0.210. The molecule has 98 valence electrons. The predicted molar refractivity (Wildman–Crippen MR) is 66.9 cm³/mol. The highest BCUT2D eigenvalue weighted by Gasteiger charge is 2.33. The van der Waals surface area contributed by atoms with E-state index in [1.54, 1.807) is 0 Å². The number of nitrogens with zero attached hydrogens (tertiary/aromatic N) is 1. The van der Waals surface area contributed by atoms with Gasteiger partial charge in [0.05, 0.1) is 6.61 Å². The topological polar surface area (TPSA) is 41.6 Å². The molecule has 0 aromatic heterocycles. The maximum absolute atomic E-state index is 12.3. The van der Waals surface area contributed by atoms with Gasteiger partial charge in [-0.3, -0.25) is 4.79 Å². The van der Waals surface area contributed by atoms with Crippen LogP contribution in [0.2, 0.25) is 0 Å². The molecule has 17 heavy (non-hydrogen) atoms. The molecule has 0 bridgehead atoms. The molecule has 1 saturated heterocycles. The Hall–Kier alpha value is -0.610. The number of carbonyl (C=O) groups is 1. The Bertz CT molecular complexity index is 252. The second kappa shape index (κ2) is 6.36. The molecule has 1 aliphatic carbocycles. The van der Waals surface area contributed by atoms with E-state index in [0.29, 0.717) is 12.6 Å². The van der Waals surface area contributed by atoms with Crippen LogP contribution in [0, 0.1) is 0 Å². The second-order valence-electron chi connectivity index (χ2n) is 5.08. The van der Waals surface area contributed by atoms with E-state index in [-0.39, 0.29) is 12.0 Å². The molecule has 0 aromatic rings. The molecule has 1 amide bonds. The fourth-order valence-corrected chi connectivity index (χ4v) is 2.90. The lowest BCUT2D eigenvalue weighted by molar-refractivity contribution is -0.157. The van der Waals surface area contributed by atoms with Crippen molar-refractivity contribution < 1.29 is 9.53 Å². The van der Waals surface area contributed by atoms with Crippen LogP contribution < -0.4 is 5.32 Å². The van der Waals surface area contributed by atoms with Gasteiger partial charge in [0.1, 0.15) is 6.10 Å². The number of amides is 1. The van der Waals surface area contributed by atoms with Crippen LogP contribution in [0.15, 0.2) is 0 Å². The Morgan fingerprint density at radius 1 is 1.35 bits per heavy atom. The van der Waals surface area contributed by atoms with Crippen LogP contribution >= 0.6 is 0 Å². The van der Waals surface area contributed by atoms with Crippen LogP contribution in [-0.2, 0) is 9.53 Å². The number of carbonyl (C=O) groups excluding carboxylic acids is 1. The van der Waals surface area contributed by atoms with Gasteiger partial charge >= 0.3 is 0 Å². The number of morpholine rings is 1. The molecule has 1 aliphatic heterocycles. The molecular formula is C13H24N2O2. The molecule has 2 fully saturated rings. The standard InChI is InChI=1S/C13H24N2O2/c1-14-8-7-12-13(16)15(9-10-17-12)11-5-3-2-4-6-11/h11-12,14H,2-10H2,1H3. The third kappa shape index (κ3) is 3.19. The van der Waals surface area contributed by atoms with Crippen molar-refractivity contribution >= 4 is 5.91 Å². The van der Waals surface area contributed by atoms with Crippen LogP contribution in [0.5, 0.6) is 0 Å². The van der Waals surface area contributed by atoms with Crippen molar-refractivity contribution in [3.63, 3.8) is 0 Å². The Labute approximate surface area is 104 Å². The van der Waals surface area contributed by atoms with Crippen molar-refractivity contribution in [2.75, 3.05) is 26.7 Å². The molecule has 4 heteroatoms. The van der Waals surface area contributed by atoms with E-state index in [9.17, 15) is 4.79 Å². The van der Waals surface area contributed by atoms with E-state index in [1.165, 1.54) is 32.1 Å². The molecule has 2 rings (SSSR count). The Morgan fingerprint density at radius 3 is 2.82 bits per heavy atom. The predicted octanol–water partition coefficient (Wildman–Crippen LogP) is 1.16. The molecule has 0 radical (unpaired) electrons. The summed E-state index contributed by atoms with van der Waals surface area (Å²) in [7, 11) is 1.91. The van der Waals surface area contributed by atoms with Crippen molar-refractivity contribution in [3.05, 3.63) is 0 Å². The van der Waals surface area contributed by atoms with Crippen LogP contribution in [0.25, 0.3) is 0 Å². The third-order valence-electron chi connectivity index (χ3n) is 3.88. The van der Waals surface area contributed by atoms with Crippen LogP contribution in [0.1, 0.15) is 38.5 Å². The van der Waals surface area contributed by atoms with Crippen molar-refractivity contribution in [3.8, 4) is 0 Å². The number of hydrogen-bond acceptors (Lipinski definition) is 3. The molecule has 1 unspecified atom stereocenters. The average molecular weight is 240 g/mol. The summed E-state index contributed by atoms with van der Waals surface area (Å²) in [5.74, 6) is 0.221. The highest BCUT2D eigenvalue weighted by Crippen LogP contribution is 2.25. The first-order chi connectivity index (χ1) is 8.33. The smallest absolute Gasteiger partial charge is 0.252 e. The Morgan fingerprint density at radius 2 is 2.12 bits per heavy atom. The van der Waals surface area contributed by atoms with Gasteiger partial charge in [-0.15, -0.1) is 0 Å². The van der Waals surface area contributed by atoms with Gasteiger partial charge in [0.15, 0.2) is 0 Å².